The van der Waals surface area contributed by atoms with E-state index in [-0.39, 0.29) is 12.1 Å². The Hall–Kier alpha value is -2.53. The number of nitrogens with one attached hydrogen (secondary N) is 2. The summed E-state index contributed by atoms with van der Waals surface area (Å²) in [5.41, 5.74) is 2.80. The predicted molar refractivity (Wildman–Crippen MR) is 142 cm³/mol. The lowest BCUT2D eigenvalue weighted by atomic mass is 9.93. The van der Waals surface area contributed by atoms with Crippen molar-refractivity contribution in [3.63, 3.8) is 0 Å². The van der Waals surface area contributed by atoms with Gasteiger partial charge in [0.25, 0.3) is 0 Å². The van der Waals surface area contributed by atoms with Gasteiger partial charge in [-0.2, -0.15) is 9.29 Å². The molecule has 36 heavy (non-hydrogen) atoms. The molecule has 1 saturated carbocycles. The summed E-state index contributed by atoms with van der Waals surface area (Å²) in [6, 6.07) is 7.43. The van der Waals surface area contributed by atoms with E-state index in [0.717, 1.165) is 67.2 Å². The third-order valence-corrected chi connectivity index (χ3v) is 9.24. The molecule has 2 aromatic heterocycles. The molecule has 0 radical (unpaired) electrons. The lowest BCUT2D eigenvalue weighted by Gasteiger charge is -2.27. The van der Waals surface area contributed by atoms with Crippen molar-refractivity contribution in [3.8, 4) is 11.1 Å². The van der Waals surface area contributed by atoms with Gasteiger partial charge in [-0.1, -0.05) is 25.5 Å². The second-order valence-corrected chi connectivity index (χ2v) is 11.7. The van der Waals surface area contributed by atoms with Crippen LogP contribution in [0.1, 0.15) is 51.5 Å². The third-order valence-electron chi connectivity index (χ3n) is 7.32. The Bertz CT molecular complexity index is 1280. The van der Waals surface area contributed by atoms with Crippen molar-refractivity contribution in [1.82, 2.24) is 24.2 Å². The Morgan fingerprint density at radius 3 is 2.53 bits per heavy atom. The number of anilines is 1. The van der Waals surface area contributed by atoms with Crippen molar-refractivity contribution >= 4 is 27.0 Å². The molecule has 9 nitrogen and oxygen atoms in total. The number of unbranched alkanes of at least 4 members (excludes halogenated alkanes) is 1. The summed E-state index contributed by atoms with van der Waals surface area (Å²) in [6.07, 6.45) is 9.27. The monoisotopic (exact) mass is 512 g/mol. The van der Waals surface area contributed by atoms with Crippen LogP contribution < -0.4 is 10.6 Å². The number of piperazine rings is 1. The molecule has 1 aliphatic carbocycles. The standard InChI is InChI=1S/C26H36N6O3S/c1-2-3-12-28-26-29-17-23-24(18-32(25(23)30-26)20-6-8-21(33)9-7-20)19-4-10-22(11-5-19)36(34,35)31-15-13-27-14-16-31/h4-5,10-11,17-18,20-21,27,33H,2-3,6-9,12-16H2,1H3,(H,28,29,30). The molecule has 1 saturated heterocycles. The topological polar surface area (TPSA) is 112 Å². The molecule has 0 atom stereocenters. The van der Waals surface area contributed by atoms with E-state index in [1.807, 2.05) is 18.3 Å². The number of sulfonamides is 1. The Labute approximate surface area is 213 Å². The number of nitrogens with zero attached hydrogens (tertiary/aromatic N) is 4. The van der Waals surface area contributed by atoms with Crippen LogP contribution in [0, 0.1) is 0 Å². The summed E-state index contributed by atoms with van der Waals surface area (Å²) in [6.45, 7) is 5.29. The fourth-order valence-corrected chi connectivity index (χ4v) is 6.62. The first kappa shape index (κ1) is 25.1. The van der Waals surface area contributed by atoms with Crippen molar-refractivity contribution < 1.29 is 13.5 Å². The minimum Gasteiger partial charge on any atom is -0.393 e. The first-order valence-electron chi connectivity index (χ1n) is 13.1. The summed E-state index contributed by atoms with van der Waals surface area (Å²) in [5.74, 6) is 0.621. The van der Waals surface area contributed by atoms with Gasteiger partial charge < -0.3 is 20.3 Å². The average molecular weight is 513 g/mol. The quantitative estimate of drug-likeness (QED) is 0.397. The zero-order valence-electron chi connectivity index (χ0n) is 20.9. The van der Waals surface area contributed by atoms with Crippen LogP contribution in [0.25, 0.3) is 22.2 Å². The highest BCUT2D eigenvalue weighted by atomic mass is 32.2. The first-order chi connectivity index (χ1) is 17.5. The molecule has 0 amide bonds. The molecule has 1 aromatic carbocycles. The Kier molecular flexibility index (Phi) is 7.57. The number of fused-ring (bicyclic) bond motifs is 1. The number of aromatic nitrogens is 3. The van der Waals surface area contributed by atoms with E-state index in [9.17, 15) is 13.5 Å². The minimum absolute atomic E-state index is 0.228. The van der Waals surface area contributed by atoms with Gasteiger partial charge in [0.2, 0.25) is 16.0 Å². The summed E-state index contributed by atoms with van der Waals surface area (Å²) in [7, 11) is -3.51. The zero-order valence-corrected chi connectivity index (χ0v) is 21.7. The van der Waals surface area contributed by atoms with Gasteiger partial charge in [0.15, 0.2) is 0 Å². The lowest BCUT2D eigenvalue weighted by Crippen LogP contribution is -2.46. The average Bonchev–Trinajstić information content (AvgIpc) is 3.29. The van der Waals surface area contributed by atoms with Crippen LogP contribution in [0.15, 0.2) is 41.6 Å². The number of hydrogen-bond acceptors (Lipinski definition) is 7. The summed E-state index contributed by atoms with van der Waals surface area (Å²) in [4.78, 5) is 9.76. The van der Waals surface area contributed by atoms with Crippen LogP contribution in [0.4, 0.5) is 5.95 Å². The molecule has 3 heterocycles. The van der Waals surface area contributed by atoms with E-state index in [2.05, 4.69) is 33.3 Å². The van der Waals surface area contributed by atoms with Gasteiger partial charge in [-0.3, -0.25) is 0 Å². The van der Waals surface area contributed by atoms with Crippen molar-refractivity contribution in [3.05, 3.63) is 36.7 Å². The maximum absolute atomic E-state index is 13.1. The van der Waals surface area contributed by atoms with E-state index >= 15 is 0 Å². The Balaban J connectivity index is 1.49. The van der Waals surface area contributed by atoms with Crippen molar-refractivity contribution in [1.29, 1.82) is 0 Å². The van der Waals surface area contributed by atoms with Crippen LogP contribution in [-0.4, -0.2) is 71.2 Å². The fourth-order valence-electron chi connectivity index (χ4n) is 5.18. The van der Waals surface area contributed by atoms with E-state index in [0.29, 0.717) is 37.0 Å². The zero-order chi connectivity index (χ0) is 25.1. The van der Waals surface area contributed by atoms with E-state index < -0.39 is 10.0 Å². The van der Waals surface area contributed by atoms with Crippen LogP contribution in [-0.2, 0) is 10.0 Å². The SMILES string of the molecule is CCCCNc1ncc2c(-c3ccc(S(=O)(=O)N4CCNCC4)cc3)cn(C3CCC(O)CC3)c2n1. The molecular formula is C26H36N6O3S. The maximum atomic E-state index is 13.1. The fraction of sp³-hybridized carbons (Fsp3) is 0.538. The number of aliphatic hydroxyl groups is 1. The summed E-state index contributed by atoms with van der Waals surface area (Å²) < 4.78 is 29.9. The van der Waals surface area contributed by atoms with Gasteiger partial charge >= 0.3 is 0 Å². The lowest BCUT2D eigenvalue weighted by molar-refractivity contribution is 0.111. The van der Waals surface area contributed by atoms with Crippen LogP contribution >= 0.6 is 0 Å². The Morgan fingerprint density at radius 2 is 1.83 bits per heavy atom. The van der Waals surface area contributed by atoms with E-state index in [1.54, 1.807) is 16.4 Å². The van der Waals surface area contributed by atoms with Gasteiger partial charge in [0, 0.05) is 62.1 Å². The molecule has 1 aliphatic heterocycles. The molecule has 3 aromatic rings. The molecule has 0 bridgehead atoms. The highest BCUT2D eigenvalue weighted by Crippen LogP contribution is 2.37. The van der Waals surface area contributed by atoms with Gasteiger partial charge in [0.1, 0.15) is 5.65 Å². The van der Waals surface area contributed by atoms with Crippen LogP contribution in [0.5, 0.6) is 0 Å². The molecular weight excluding hydrogens is 476 g/mol. The van der Waals surface area contributed by atoms with Crippen LogP contribution in [0.2, 0.25) is 0 Å². The number of hydrogen-bond donors (Lipinski definition) is 3. The van der Waals surface area contributed by atoms with Gasteiger partial charge in [0.05, 0.1) is 11.0 Å². The normalized spacial score (nSPS) is 21.6. The van der Waals surface area contributed by atoms with Crippen molar-refractivity contribution in [2.24, 2.45) is 0 Å². The molecule has 0 unspecified atom stereocenters. The maximum Gasteiger partial charge on any atom is 0.243 e. The largest absolute Gasteiger partial charge is 0.393 e. The van der Waals surface area contributed by atoms with Crippen LogP contribution in [0.3, 0.4) is 0 Å². The molecule has 2 aliphatic rings. The first-order valence-corrected chi connectivity index (χ1v) is 14.5. The van der Waals surface area contributed by atoms with E-state index in [1.165, 1.54) is 0 Å². The highest BCUT2D eigenvalue weighted by Gasteiger charge is 2.27. The summed E-state index contributed by atoms with van der Waals surface area (Å²) >= 11 is 0. The molecule has 5 rings (SSSR count). The number of benzene rings is 1. The third kappa shape index (κ3) is 5.13. The predicted octanol–water partition coefficient (Wildman–Crippen LogP) is 3.38. The van der Waals surface area contributed by atoms with Crippen molar-refractivity contribution in [2.75, 3.05) is 38.0 Å². The second kappa shape index (κ2) is 10.8. The molecule has 3 N–H and O–H groups in total. The highest BCUT2D eigenvalue weighted by molar-refractivity contribution is 7.89. The minimum atomic E-state index is -3.51. The Morgan fingerprint density at radius 1 is 1.11 bits per heavy atom. The van der Waals surface area contributed by atoms with Crippen molar-refractivity contribution in [2.45, 2.75) is 62.5 Å². The van der Waals surface area contributed by atoms with Gasteiger partial charge in [-0.05, 0) is 49.8 Å². The molecule has 10 heteroatoms. The number of rotatable bonds is 8. The summed E-state index contributed by atoms with van der Waals surface area (Å²) in [5, 5.41) is 17.5. The number of aliphatic hydroxyl groups excluding tert-OH is 1. The molecule has 0 spiro atoms. The smallest absolute Gasteiger partial charge is 0.243 e. The van der Waals surface area contributed by atoms with E-state index in [4.69, 9.17) is 4.98 Å². The molecule has 194 valence electrons. The van der Waals surface area contributed by atoms with Gasteiger partial charge in [-0.25, -0.2) is 13.4 Å². The second-order valence-electron chi connectivity index (χ2n) is 9.80. The van der Waals surface area contributed by atoms with Gasteiger partial charge in [-0.15, -0.1) is 0 Å². The molecule has 2 fully saturated rings.